The average molecular weight is 220 g/mol. The molecule has 1 aliphatic heterocycles. The van der Waals surface area contributed by atoms with Crippen molar-refractivity contribution in [3.8, 4) is 0 Å². The molecule has 1 aromatic carbocycles. The number of nitrogens with two attached hydrogens (primary N) is 1. The average Bonchev–Trinajstić information content (AvgIpc) is 2.29. The largest absolute Gasteiger partial charge is 0.481 e. The predicted molar refractivity (Wildman–Crippen MR) is 62.4 cm³/mol. The minimum absolute atomic E-state index is 0.0601. The fraction of sp³-hybridized carbons (Fsp3) is 0.417. The Kier molecular flexibility index (Phi) is 3.10. The summed E-state index contributed by atoms with van der Waals surface area (Å²) in [6, 6.07) is 9.75. The summed E-state index contributed by atoms with van der Waals surface area (Å²) in [4.78, 5) is 13.0. The fourth-order valence-electron chi connectivity index (χ4n) is 2.17. The summed E-state index contributed by atoms with van der Waals surface area (Å²) in [5, 5.41) is 9.04. The van der Waals surface area contributed by atoms with E-state index in [4.69, 9.17) is 10.8 Å². The molecule has 1 aliphatic rings. The molecule has 0 radical (unpaired) electrons. The Morgan fingerprint density at radius 3 is 2.62 bits per heavy atom. The van der Waals surface area contributed by atoms with E-state index in [1.165, 1.54) is 0 Å². The lowest BCUT2D eigenvalue weighted by atomic mass is 9.94. The van der Waals surface area contributed by atoms with Crippen LogP contribution in [0.2, 0.25) is 0 Å². The van der Waals surface area contributed by atoms with Gasteiger partial charge in [0.2, 0.25) is 0 Å². The van der Waals surface area contributed by atoms with Gasteiger partial charge in [0.1, 0.15) is 0 Å². The van der Waals surface area contributed by atoms with Crippen molar-refractivity contribution in [2.75, 3.05) is 18.0 Å². The summed E-state index contributed by atoms with van der Waals surface area (Å²) in [5.41, 5.74) is 6.93. The van der Waals surface area contributed by atoms with E-state index in [0.717, 1.165) is 12.2 Å². The molecular formula is C12H16N2O2. The van der Waals surface area contributed by atoms with Gasteiger partial charge in [0.25, 0.3) is 0 Å². The SMILES string of the molecule is NC1CC(C(=O)O)CN(c2ccccc2)C1. The standard InChI is InChI=1S/C12H16N2O2/c13-10-6-9(12(15)16)7-14(8-10)11-4-2-1-3-5-11/h1-5,9-10H,6-8,13H2,(H,15,16). The molecule has 4 heteroatoms. The van der Waals surface area contributed by atoms with E-state index in [1.807, 2.05) is 35.2 Å². The number of carboxylic acid groups (broad SMARTS) is 1. The van der Waals surface area contributed by atoms with Gasteiger partial charge in [-0.15, -0.1) is 0 Å². The zero-order chi connectivity index (χ0) is 11.5. The van der Waals surface area contributed by atoms with Crippen LogP contribution in [0.3, 0.4) is 0 Å². The Hall–Kier alpha value is -1.55. The molecule has 0 amide bonds. The number of hydrogen-bond donors (Lipinski definition) is 2. The van der Waals surface area contributed by atoms with Crippen LogP contribution >= 0.6 is 0 Å². The van der Waals surface area contributed by atoms with E-state index in [-0.39, 0.29) is 12.0 Å². The molecule has 1 fully saturated rings. The Balaban J connectivity index is 2.14. The smallest absolute Gasteiger partial charge is 0.308 e. The third-order valence-electron chi connectivity index (χ3n) is 2.95. The fourth-order valence-corrected chi connectivity index (χ4v) is 2.17. The molecule has 86 valence electrons. The first kappa shape index (κ1) is 11.0. The molecule has 0 saturated carbocycles. The monoisotopic (exact) mass is 220 g/mol. The molecule has 2 rings (SSSR count). The van der Waals surface area contributed by atoms with E-state index in [9.17, 15) is 4.79 Å². The van der Waals surface area contributed by atoms with Gasteiger partial charge in [0, 0.05) is 24.8 Å². The summed E-state index contributed by atoms with van der Waals surface area (Å²) in [6.45, 7) is 1.28. The van der Waals surface area contributed by atoms with Crippen molar-refractivity contribution in [2.24, 2.45) is 11.7 Å². The number of rotatable bonds is 2. The summed E-state index contributed by atoms with van der Waals surface area (Å²) < 4.78 is 0. The third kappa shape index (κ3) is 2.33. The molecule has 0 bridgehead atoms. The minimum atomic E-state index is -0.754. The van der Waals surface area contributed by atoms with Crippen LogP contribution in [0, 0.1) is 5.92 Å². The van der Waals surface area contributed by atoms with Gasteiger partial charge in [0.15, 0.2) is 0 Å². The molecule has 2 unspecified atom stereocenters. The molecule has 3 N–H and O–H groups in total. The van der Waals surface area contributed by atoms with Crippen LogP contribution in [-0.4, -0.2) is 30.2 Å². The number of aliphatic carboxylic acids is 1. The van der Waals surface area contributed by atoms with Crippen molar-refractivity contribution < 1.29 is 9.90 Å². The maximum Gasteiger partial charge on any atom is 0.308 e. The van der Waals surface area contributed by atoms with Crippen LogP contribution in [0.4, 0.5) is 5.69 Å². The highest BCUT2D eigenvalue weighted by Crippen LogP contribution is 2.22. The van der Waals surface area contributed by atoms with E-state index in [1.54, 1.807) is 0 Å². The Labute approximate surface area is 94.7 Å². The quantitative estimate of drug-likeness (QED) is 0.778. The molecule has 4 nitrogen and oxygen atoms in total. The zero-order valence-corrected chi connectivity index (χ0v) is 9.04. The van der Waals surface area contributed by atoms with Gasteiger partial charge in [-0.05, 0) is 18.6 Å². The zero-order valence-electron chi connectivity index (χ0n) is 9.04. The Bertz CT molecular complexity index is 367. The number of para-hydroxylation sites is 1. The van der Waals surface area contributed by atoms with Gasteiger partial charge >= 0.3 is 5.97 Å². The van der Waals surface area contributed by atoms with Gasteiger partial charge in [-0.1, -0.05) is 18.2 Å². The van der Waals surface area contributed by atoms with Gasteiger partial charge in [0.05, 0.1) is 5.92 Å². The molecule has 2 atom stereocenters. The number of carbonyl (C=O) groups is 1. The normalized spacial score (nSPS) is 25.4. The second-order valence-corrected chi connectivity index (χ2v) is 4.27. The van der Waals surface area contributed by atoms with E-state index in [2.05, 4.69) is 0 Å². The number of anilines is 1. The number of piperidine rings is 1. The second-order valence-electron chi connectivity index (χ2n) is 4.27. The maximum atomic E-state index is 11.0. The predicted octanol–water partition coefficient (Wildman–Crippen LogP) is 0.925. The number of benzene rings is 1. The highest BCUT2D eigenvalue weighted by molar-refractivity contribution is 5.71. The number of nitrogens with zero attached hydrogens (tertiary/aromatic N) is 1. The van der Waals surface area contributed by atoms with Crippen LogP contribution in [0.5, 0.6) is 0 Å². The van der Waals surface area contributed by atoms with E-state index >= 15 is 0 Å². The molecule has 0 spiro atoms. The van der Waals surface area contributed by atoms with Crippen molar-refractivity contribution in [3.63, 3.8) is 0 Å². The van der Waals surface area contributed by atoms with E-state index in [0.29, 0.717) is 13.0 Å². The molecule has 1 saturated heterocycles. The summed E-state index contributed by atoms with van der Waals surface area (Å²) in [6.07, 6.45) is 0.568. The van der Waals surface area contributed by atoms with E-state index < -0.39 is 5.97 Å². The van der Waals surface area contributed by atoms with Crippen LogP contribution in [-0.2, 0) is 4.79 Å². The topological polar surface area (TPSA) is 66.6 Å². The lowest BCUT2D eigenvalue weighted by Crippen LogP contribution is -2.49. The lowest BCUT2D eigenvalue weighted by molar-refractivity contribution is -0.142. The second kappa shape index (κ2) is 4.53. The molecule has 1 heterocycles. The summed E-state index contributed by atoms with van der Waals surface area (Å²) in [7, 11) is 0. The first-order valence-corrected chi connectivity index (χ1v) is 5.45. The molecule has 0 aliphatic carbocycles. The van der Waals surface area contributed by atoms with Gasteiger partial charge < -0.3 is 15.7 Å². The molecule has 16 heavy (non-hydrogen) atoms. The van der Waals surface area contributed by atoms with Crippen LogP contribution in [0.15, 0.2) is 30.3 Å². The summed E-state index contributed by atoms with van der Waals surface area (Å²) >= 11 is 0. The third-order valence-corrected chi connectivity index (χ3v) is 2.95. The molecular weight excluding hydrogens is 204 g/mol. The maximum absolute atomic E-state index is 11.0. The van der Waals surface area contributed by atoms with Gasteiger partial charge in [-0.25, -0.2) is 0 Å². The van der Waals surface area contributed by atoms with Crippen molar-refractivity contribution in [2.45, 2.75) is 12.5 Å². The van der Waals surface area contributed by atoms with Crippen molar-refractivity contribution in [1.82, 2.24) is 0 Å². The minimum Gasteiger partial charge on any atom is -0.481 e. The van der Waals surface area contributed by atoms with Crippen molar-refractivity contribution >= 4 is 11.7 Å². The summed E-state index contributed by atoms with van der Waals surface area (Å²) in [5.74, 6) is -1.11. The number of hydrogen-bond acceptors (Lipinski definition) is 3. The molecule has 1 aromatic rings. The molecule has 0 aromatic heterocycles. The first-order chi connectivity index (χ1) is 7.66. The van der Waals surface area contributed by atoms with Crippen molar-refractivity contribution in [3.05, 3.63) is 30.3 Å². The van der Waals surface area contributed by atoms with Crippen LogP contribution < -0.4 is 10.6 Å². The number of carboxylic acids is 1. The van der Waals surface area contributed by atoms with Crippen molar-refractivity contribution in [1.29, 1.82) is 0 Å². The highest BCUT2D eigenvalue weighted by Gasteiger charge is 2.29. The van der Waals surface area contributed by atoms with Gasteiger partial charge in [-0.3, -0.25) is 4.79 Å². The lowest BCUT2D eigenvalue weighted by Gasteiger charge is -2.36. The first-order valence-electron chi connectivity index (χ1n) is 5.45. The Morgan fingerprint density at radius 2 is 2.00 bits per heavy atom. The Morgan fingerprint density at radius 1 is 1.31 bits per heavy atom. The highest BCUT2D eigenvalue weighted by atomic mass is 16.4. The van der Waals surface area contributed by atoms with Crippen LogP contribution in [0.1, 0.15) is 6.42 Å². The van der Waals surface area contributed by atoms with Gasteiger partial charge in [-0.2, -0.15) is 0 Å². The van der Waals surface area contributed by atoms with Crippen LogP contribution in [0.25, 0.3) is 0 Å².